The summed E-state index contributed by atoms with van der Waals surface area (Å²) in [6.45, 7) is 8.34. The molecule has 118 valence electrons. The summed E-state index contributed by atoms with van der Waals surface area (Å²) in [4.78, 5) is 17.1. The number of aryl methyl sites for hydroxylation is 2. The lowest BCUT2D eigenvalue weighted by atomic mass is 9.96. The molecule has 0 unspecified atom stereocenters. The largest absolute Gasteiger partial charge is 0.343 e. The number of thiophene rings is 1. The molecule has 0 aliphatic carbocycles. The molecule has 1 aliphatic heterocycles. The quantitative estimate of drug-likeness (QED) is 0.839. The topological polar surface area (TPSA) is 32.3 Å². The highest BCUT2D eigenvalue weighted by molar-refractivity contribution is 7.11. The lowest BCUT2D eigenvalue weighted by Crippen LogP contribution is -2.40. The van der Waals surface area contributed by atoms with E-state index >= 15 is 0 Å². The summed E-state index contributed by atoms with van der Waals surface area (Å²) >= 11 is 1.85. The zero-order valence-electron chi connectivity index (χ0n) is 13.4. The molecule has 1 aromatic heterocycles. The maximum Gasteiger partial charge on any atom is 0.222 e. The molecular weight excluding hydrogens is 280 g/mol. The van der Waals surface area contributed by atoms with E-state index in [-0.39, 0.29) is 0 Å². The van der Waals surface area contributed by atoms with Gasteiger partial charge in [0.05, 0.1) is 0 Å². The number of likely N-dealkylation sites (tertiary alicyclic amines) is 1. The van der Waals surface area contributed by atoms with E-state index in [2.05, 4.69) is 36.2 Å². The van der Waals surface area contributed by atoms with Crippen molar-refractivity contribution in [1.82, 2.24) is 10.2 Å². The Hall–Kier alpha value is -0.870. The van der Waals surface area contributed by atoms with Crippen molar-refractivity contribution in [2.75, 3.05) is 26.2 Å². The van der Waals surface area contributed by atoms with E-state index in [0.29, 0.717) is 12.3 Å². The number of hydrogen-bond donors (Lipinski definition) is 1. The third kappa shape index (κ3) is 5.44. The number of amides is 1. The number of piperidine rings is 1. The highest BCUT2D eigenvalue weighted by Gasteiger charge is 2.21. The summed E-state index contributed by atoms with van der Waals surface area (Å²) in [5.41, 5.74) is 0. The highest BCUT2D eigenvalue weighted by Crippen LogP contribution is 2.19. The van der Waals surface area contributed by atoms with Gasteiger partial charge in [-0.2, -0.15) is 0 Å². The van der Waals surface area contributed by atoms with Gasteiger partial charge in [-0.3, -0.25) is 4.79 Å². The van der Waals surface area contributed by atoms with Gasteiger partial charge < -0.3 is 10.2 Å². The third-order valence-electron chi connectivity index (χ3n) is 4.26. The van der Waals surface area contributed by atoms with Gasteiger partial charge in [-0.1, -0.05) is 6.92 Å². The predicted octanol–water partition coefficient (Wildman–Crippen LogP) is 3.23. The molecule has 0 aromatic carbocycles. The van der Waals surface area contributed by atoms with E-state index in [9.17, 15) is 4.79 Å². The molecule has 1 aliphatic rings. The number of carbonyl (C=O) groups excluding carboxylic acids is 1. The Balaban J connectivity index is 1.63. The van der Waals surface area contributed by atoms with E-state index in [4.69, 9.17) is 0 Å². The fraction of sp³-hybridized carbons (Fsp3) is 0.706. The maximum atomic E-state index is 12.2. The van der Waals surface area contributed by atoms with Crippen molar-refractivity contribution in [3.05, 3.63) is 21.9 Å². The average molecular weight is 308 g/mol. The lowest BCUT2D eigenvalue weighted by Gasteiger charge is -2.32. The maximum absolute atomic E-state index is 12.2. The summed E-state index contributed by atoms with van der Waals surface area (Å²) in [5.74, 6) is 1.10. The van der Waals surface area contributed by atoms with Crippen LogP contribution < -0.4 is 5.32 Å². The zero-order valence-corrected chi connectivity index (χ0v) is 14.2. The summed E-state index contributed by atoms with van der Waals surface area (Å²) in [6.07, 6.45) is 5.04. The second-order valence-electron chi connectivity index (χ2n) is 6.00. The van der Waals surface area contributed by atoms with E-state index in [1.807, 2.05) is 11.3 Å². The molecule has 1 amide bonds. The summed E-state index contributed by atoms with van der Waals surface area (Å²) < 4.78 is 0. The molecule has 1 fully saturated rings. The summed E-state index contributed by atoms with van der Waals surface area (Å²) in [7, 11) is 0. The van der Waals surface area contributed by atoms with Crippen LogP contribution in [0.2, 0.25) is 0 Å². The lowest BCUT2D eigenvalue weighted by molar-refractivity contribution is -0.132. The van der Waals surface area contributed by atoms with Crippen LogP contribution in [0.25, 0.3) is 0 Å². The van der Waals surface area contributed by atoms with Gasteiger partial charge in [0.2, 0.25) is 5.91 Å². The molecule has 0 bridgehead atoms. The van der Waals surface area contributed by atoms with Crippen LogP contribution in [0, 0.1) is 12.8 Å². The summed E-state index contributed by atoms with van der Waals surface area (Å²) in [6, 6.07) is 4.35. The minimum absolute atomic E-state index is 0.352. The minimum Gasteiger partial charge on any atom is -0.343 e. The summed E-state index contributed by atoms with van der Waals surface area (Å²) in [5, 5.41) is 3.41. The van der Waals surface area contributed by atoms with Gasteiger partial charge in [0.25, 0.3) is 0 Å². The molecule has 2 rings (SSSR count). The van der Waals surface area contributed by atoms with E-state index < -0.39 is 0 Å². The first kappa shape index (κ1) is 16.5. The molecule has 0 saturated carbocycles. The van der Waals surface area contributed by atoms with Crippen molar-refractivity contribution in [1.29, 1.82) is 0 Å². The Morgan fingerprint density at radius 2 is 2.14 bits per heavy atom. The van der Waals surface area contributed by atoms with Gasteiger partial charge in [0.1, 0.15) is 0 Å². The Bertz CT molecular complexity index is 436. The van der Waals surface area contributed by atoms with Crippen molar-refractivity contribution in [2.45, 2.75) is 46.0 Å². The first-order chi connectivity index (χ1) is 10.2. The standard InChI is InChI=1S/C17H28N2OS/c1-3-18-13-15-9-11-19(12-10-15)17(20)6-4-5-16-8-7-14(2)21-16/h7-8,15,18H,3-6,9-13H2,1-2H3. The Kier molecular flexibility index (Phi) is 6.71. The first-order valence-electron chi connectivity index (χ1n) is 8.23. The van der Waals surface area contributed by atoms with E-state index in [0.717, 1.165) is 57.8 Å². The third-order valence-corrected chi connectivity index (χ3v) is 5.32. The number of nitrogens with one attached hydrogen (secondary N) is 1. The molecule has 0 atom stereocenters. The molecule has 4 heteroatoms. The SMILES string of the molecule is CCNCC1CCN(C(=O)CCCc2ccc(C)s2)CC1. The second kappa shape index (κ2) is 8.54. The monoisotopic (exact) mass is 308 g/mol. The van der Waals surface area contributed by atoms with Crippen LogP contribution in [0.4, 0.5) is 0 Å². The van der Waals surface area contributed by atoms with Crippen LogP contribution in [0.3, 0.4) is 0 Å². The van der Waals surface area contributed by atoms with Crippen LogP contribution in [0.1, 0.15) is 42.4 Å². The molecule has 2 heterocycles. The van der Waals surface area contributed by atoms with Gasteiger partial charge in [-0.15, -0.1) is 11.3 Å². The van der Waals surface area contributed by atoms with Gasteiger partial charge in [-0.25, -0.2) is 0 Å². The Morgan fingerprint density at radius 3 is 2.76 bits per heavy atom. The number of hydrogen-bond acceptors (Lipinski definition) is 3. The highest BCUT2D eigenvalue weighted by atomic mass is 32.1. The first-order valence-corrected chi connectivity index (χ1v) is 9.04. The van der Waals surface area contributed by atoms with Gasteiger partial charge in [-0.05, 0) is 63.7 Å². The molecular formula is C17H28N2OS. The van der Waals surface area contributed by atoms with Crippen LogP contribution >= 0.6 is 11.3 Å². The average Bonchev–Trinajstić information content (AvgIpc) is 2.91. The fourth-order valence-corrected chi connectivity index (χ4v) is 3.86. The van der Waals surface area contributed by atoms with E-state index in [1.54, 1.807) is 0 Å². The molecule has 0 spiro atoms. The molecule has 1 aromatic rings. The van der Waals surface area contributed by atoms with Gasteiger partial charge >= 0.3 is 0 Å². The minimum atomic E-state index is 0.352. The van der Waals surface area contributed by atoms with Crippen LogP contribution in [0.15, 0.2) is 12.1 Å². The van der Waals surface area contributed by atoms with Crippen LogP contribution in [0.5, 0.6) is 0 Å². The normalized spacial score (nSPS) is 16.4. The van der Waals surface area contributed by atoms with Crippen molar-refractivity contribution in [3.8, 4) is 0 Å². The van der Waals surface area contributed by atoms with Crippen molar-refractivity contribution in [3.63, 3.8) is 0 Å². The predicted molar refractivity (Wildman–Crippen MR) is 89.8 cm³/mol. The molecule has 1 saturated heterocycles. The zero-order chi connectivity index (χ0) is 15.1. The molecule has 0 radical (unpaired) electrons. The van der Waals surface area contributed by atoms with Crippen LogP contribution in [-0.4, -0.2) is 37.0 Å². The van der Waals surface area contributed by atoms with Crippen molar-refractivity contribution >= 4 is 17.2 Å². The molecule has 1 N–H and O–H groups in total. The number of nitrogens with zero attached hydrogens (tertiary/aromatic N) is 1. The van der Waals surface area contributed by atoms with E-state index in [1.165, 1.54) is 9.75 Å². The van der Waals surface area contributed by atoms with Crippen molar-refractivity contribution in [2.24, 2.45) is 5.92 Å². The Morgan fingerprint density at radius 1 is 1.38 bits per heavy atom. The number of carbonyl (C=O) groups is 1. The Labute approximate surface area is 132 Å². The second-order valence-corrected chi connectivity index (χ2v) is 7.37. The van der Waals surface area contributed by atoms with Gasteiger partial charge in [0.15, 0.2) is 0 Å². The molecule has 3 nitrogen and oxygen atoms in total. The number of rotatable bonds is 7. The fourth-order valence-electron chi connectivity index (χ4n) is 2.93. The van der Waals surface area contributed by atoms with Gasteiger partial charge in [0, 0.05) is 29.3 Å². The van der Waals surface area contributed by atoms with Crippen LogP contribution in [-0.2, 0) is 11.2 Å². The molecule has 21 heavy (non-hydrogen) atoms. The smallest absolute Gasteiger partial charge is 0.222 e. The van der Waals surface area contributed by atoms with Crippen molar-refractivity contribution < 1.29 is 4.79 Å².